The predicted octanol–water partition coefficient (Wildman–Crippen LogP) is 1.48. The molecule has 4 heteroatoms. The molecule has 1 rings (SSSR count). The summed E-state index contributed by atoms with van der Waals surface area (Å²) in [5.41, 5.74) is 6.97. The average Bonchev–Trinajstić information content (AvgIpc) is 2.35. The summed E-state index contributed by atoms with van der Waals surface area (Å²) in [6, 6.07) is 5.49. The zero-order valence-electron chi connectivity index (χ0n) is 9.77. The molecule has 4 nitrogen and oxygen atoms in total. The predicted molar refractivity (Wildman–Crippen MR) is 62.8 cm³/mol. The van der Waals surface area contributed by atoms with Gasteiger partial charge in [-0.2, -0.15) is 0 Å². The van der Waals surface area contributed by atoms with E-state index in [1.165, 1.54) is 0 Å². The van der Waals surface area contributed by atoms with Crippen molar-refractivity contribution in [2.45, 2.75) is 18.9 Å². The van der Waals surface area contributed by atoms with Crippen LogP contribution in [0.5, 0.6) is 11.5 Å². The van der Waals surface area contributed by atoms with Crippen LogP contribution in [0, 0.1) is 0 Å². The van der Waals surface area contributed by atoms with E-state index in [9.17, 15) is 0 Å². The molecule has 0 saturated heterocycles. The molecular weight excluding hydrogens is 206 g/mol. The van der Waals surface area contributed by atoms with E-state index in [2.05, 4.69) is 0 Å². The molecule has 0 aliphatic heterocycles. The van der Waals surface area contributed by atoms with Gasteiger partial charge in [0, 0.05) is 18.7 Å². The van der Waals surface area contributed by atoms with E-state index in [0.29, 0.717) is 6.42 Å². The van der Waals surface area contributed by atoms with Crippen LogP contribution in [0.15, 0.2) is 18.2 Å². The van der Waals surface area contributed by atoms with E-state index in [1.807, 2.05) is 18.2 Å². The van der Waals surface area contributed by atoms with Gasteiger partial charge in [0.25, 0.3) is 0 Å². The summed E-state index contributed by atoms with van der Waals surface area (Å²) in [6.07, 6.45) is 1.44. The first-order chi connectivity index (χ1) is 7.71. The molecule has 90 valence electrons. The molecule has 0 unspecified atom stereocenters. The van der Waals surface area contributed by atoms with E-state index < -0.39 is 0 Å². The Kier molecular flexibility index (Phi) is 5.08. The maximum absolute atomic E-state index is 8.76. The molecule has 1 atom stereocenters. The molecule has 3 N–H and O–H groups in total. The van der Waals surface area contributed by atoms with Crippen LogP contribution >= 0.6 is 0 Å². The number of hydrogen-bond donors (Lipinski definition) is 2. The van der Waals surface area contributed by atoms with Crippen LogP contribution < -0.4 is 15.2 Å². The number of benzene rings is 1. The average molecular weight is 225 g/mol. The van der Waals surface area contributed by atoms with Crippen LogP contribution in [0.3, 0.4) is 0 Å². The van der Waals surface area contributed by atoms with Crippen molar-refractivity contribution in [1.29, 1.82) is 0 Å². The van der Waals surface area contributed by atoms with Crippen molar-refractivity contribution in [3.8, 4) is 11.5 Å². The first-order valence-corrected chi connectivity index (χ1v) is 5.30. The summed E-state index contributed by atoms with van der Waals surface area (Å²) in [5.74, 6) is 1.46. The van der Waals surface area contributed by atoms with Crippen molar-refractivity contribution in [2.75, 3.05) is 20.8 Å². The van der Waals surface area contributed by atoms with Gasteiger partial charge in [-0.1, -0.05) is 0 Å². The lowest BCUT2D eigenvalue weighted by Gasteiger charge is -2.14. The third kappa shape index (κ3) is 3.40. The molecule has 0 spiro atoms. The molecule has 0 radical (unpaired) electrons. The Balaban J connectivity index is 2.85. The van der Waals surface area contributed by atoms with E-state index >= 15 is 0 Å². The molecule has 1 aromatic rings. The third-order valence-corrected chi connectivity index (χ3v) is 2.48. The number of aliphatic hydroxyl groups excluding tert-OH is 1. The normalized spacial score (nSPS) is 12.2. The quantitative estimate of drug-likeness (QED) is 0.769. The van der Waals surface area contributed by atoms with E-state index in [1.54, 1.807) is 14.2 Å². The van der Waals surface area contributed by atoms with Crippen molar-refractivity contribution in [3.05, 3.63) is 23.8 Å². The van der Waals surface area contributed by atoms with E-state index in [-0.39, 0.29) is 12.6 Å². The van der Waals surface area contributed by atoms with E-state index in [4.69, 9.17) is 20.3 Å². The second-order valence-electron chi connectivity index (χ2n) is 3.62. The van der Waals surface area contributed by atoms with Gasteiger partial charge < -0.3 is 20.3 Å². The summed E-state index contributed by atoms with van der Waals surface area (Å²) in [7, 11) is 3.22. The monoisotopic (exact) mass is 225 g/mol. The lowest BCUT2D eigenvalue weighted by atomic mass is 10.0. The van der Waals surface area contributed by atoms with Crippen LogP contribution in [-0.4, -0.2) is 25.9 Å². The summed E-state index contributed by atoms with van der Waals surface area (Å²) in [4.78, 5) is 0. The van der Waals surface area contributed by atoms with Crippen molar-refractivity contribution in [3.63, 3.8) is 0 Å². The maximum atomic E-state index is 8.76. The van der Waals surface area contributed by atoms with Gasteiger partial charge in [0.2, 0.25) is 0 Å². The smallest absolute Gasteiger partial charge is 0.122 e. The Morgan fingerprint density at radius 2 is 1.75 bits per heavy atom. The SMILES string of the molecule is COc1cc(OC)cc([C@@H](N)CCCO)c1. The highest BCUT2D eigenvalue weighted by molar-refractivity contribution is 5.39. The summed E-state index contributed by atoms with van der Waals surface area (Å²) in [6.45, 7) is 0.162. The van der Waals surface area contributed by atoms with Crippen LogP contribution in [0.25, 0.3) is 0 Å². The second-order valence-corrected chi connectivity index (χ2v) is 3.62. The molecular formula is C12H19NO3. The molecule has 0 heterocycles. The van der Waals surface area contributed by atoms with Crippen LogP contribution in [0.1, 0.15) is 24.4 Å². The van der Waals surface area contributed by atoms with E-state index in [0.717, 1.165) is 23.5 Å². The van der Waals surface area contributed by atoms with Gasteiger partial charge in [0.05, 0.1) is 14.2 Å². The minimum absolute atomic E-state index is 0.101. The Labute approximate surface area is 96.0 Å². The summed E-state index contributed by atoms with van der Waals surface area (Å²) < 4.78 is 10.3. The lowest BCUT2D eigenvalue weighted by Crippen LogP contribution is -2.11. The van der Waals surface area contributed by atoms with Gasteiger partial charge in [0.15, 0.2) is 0 Å². The fourth-order valence-electron chi connectivity index (χ4n) is 1.52. The number of hydrogen-bond acceptors (Lipinski definition) is 4. The minimum atomic E-state index is -0.101. The van der Waals surface area contributed by atoms with Crippen LogP contribution in [0.2, 0.25) is 0 Å². The Hall–Kier alpha value is -1.26. The zero-order valence-corrected chi connectivity index (χ0v) is 9.77. The van der Waals surface area contributed by atoms with Gasteiger partial charge in [-0.3, -0.25) is 0 Å². The van der Waals surface area contributed by atoms with Gasteiger partial charge >= 0.3 is 0 Å². The number of aliphatic hydroxyl groups is 1. The van der Waals surface area contributed by atoms with Crippen LogP contribution in [0.4, 0.5) is 0 Å². The molecule has 0 aliphatic rings. The standard InChI is InChI=1S/C12H19NO3/c1-15-10-6-9(7-11(8-10)16-2)12(13)4-3-5-14/h6-8,12,14H,3-5,13H2,1-2H3/t12-/m0/s1. The molecule has 0 amide bonds. The van der Waals surface area contributed by atoms with Crippen molar-refractivity contribution >= 4 is 0 Å². The fourth-order valence-corrected chi connectivity index (χ4v) is 1.52. The Morgan fingerprint density at radius 1 is 1.19 bits per heavy atom. The van der Waals surface area contributed by atoms with Gasteiger partial charge in [0.1, 0.15) is 11.5 Å². The topological polar surface area (TPSA) is 64.7 Å². The first-order valence-electron chi connectivity index (χ1n) is 5.30. The van der Waals surface area contributed by atoms with Crippen molar-refractivity contribution in [2.24, 2.45) is 5.73 Å². The molecule has 0 aliphatic carbocycles. The molecule has 0 aromatic heterocycles. The van der Waals surface area contributed by atoms with Crippen molar-refractivity contribution in [1.82, 2.24) is 0 Å². The van der Waals surface area contributed by atoms with Gasteiger partial charge in [-0.05, 0) is 30.5 Å². The number of ether oxygens (including phenoxy) is 2. The molecule has 16 heavy (non-hydrogen) atoms. The van der Waals surface area contributed by atoms with Gasteiger partial charge in [-0.25, -0.2) is 0 Å². The molecule has 0 bridgehead atoms. The highest BCUT2D eigenvalue weighted by Crippen LogP contribution is 2.27. The summed E-state index contributed by atoms with van der Waals surface area (Å²) >= 11 is 0. The Bertz CT molecular complexity index is 306. The zero-order chi connectivity index (χ0) is 12.0. The highest BCUT2D eigenvalue weighted by Gasteiger charge is 2.09. The molecule has 0 saturated carbocycles. The molecule has 1 aromatic carbocycles. The fraction of sp³-hybridized carbons (Fsp3) is 0.500. The minimum Gasteiger partial charge on any atom is -0.497 e. The first kappa shape index (κ1) is 12.8. The highest BCUT2D eigenvalue weighted by atomic mass is 16.5. The number of methoxy groups -OCH3 is 2. The lowest BCUT2D eigenvalue weighted by molar-refractivity contribution is 0.280. The second kappa shape index (κ2) is 6.35. The molecule has 0 fully saturated rings. The largest absolute Gasteiger partial charge is 0.497 e. The third-order valence-electron chi connectivity index (χ3n) is 2.48. The van der Waals surface area contributed by atoms with Crippen LogP contribution in [-0.2, 0) is 0 Å². The summed E-state index contributed by atoms with van der Waals surface area (Å²) in [5, 5.41) is 8.76. The Morgan fingerprint density at radius 3 is 2.19 bits per heavy atom. The van der Waals surface area contributed by atoms with Gasteiger partial charge in [-0.15, -0.1) is 0 Å². The number of rotatable bonds is 6. The number of nitrogens with two attached hydrogens (primary N) is 1. The maximum Gasteiger partial charge on any atom is 0.122 e. The van der Waals surface area contributed by atoms with Crippen molar-refractivity contribution < 1.29 is 14.6 Å².